The van der Waals surface area contributed by atoms with Crippen molar-refractivity contribution in [3.05, 3.63) is 0 Å². The van der Waals surface area contributed by atoms with Gasteiger partial charge in [0.25, 0.3) is 0 Å². The third-order valence-electron chi connectivity index (χ3n) is 1.05. The average Bonchev–Trinajstić information content (AvgIpc) is 1.81. The van der Waals surface area contributed by atoms with E-state index in [1.807, 2.05) is 5.32 Å². The summed E-state index contributed by atoms with van der Waals surface area (Å²) in [4.78, 5) is 20.4. The Morgan fingerprint density at radius 1 is 1.55 bits per heavy atom. The molecule has 0 bridgehead atoms. The quantitative estimate of drug-likeness (QED) is 0.404. The molecule has 0 aliphatic heterocycles. The molecule has 2 atom stereocenters. The fraction of sp³-hybridized carbons (Fsp3) is 0.600. The summed E-state index contributed by atoms with van der Waals surface area (Å²) in [6, 6.07) is -2.31. The van der Waals surface area contributed by atoms with Gasteiger partial charge in [-0.05, 0) is 6.92 Å². The molecule has 0 aromatic rings. The molecule has 0 aliphatic rings. The molecular weight excluding hydrogens is 152 g/mol. The number of amides is 2. The highest BCUT2D eigenvalue weighted by molar-refractivity contribution is 5.81. The van der Waals surface area contributed by atoms with Crippen LogP contribution in [0.1, 0.15) is 6.92 Å². The van der Waals surface area contributed by atoms with Gasteiger partial charge in [0.2, 0.25) is 0 Å². The first kappa shape index (κ1) is 9.70. The molecule has 6 heteroatoms. The van der Waals surface area contributed by atoms with E-state index in [-0.39, 0.29) is 0 Å². The molecule has 0 heterocycles. The van der Waals surface area contributed by atoms with Gasteiger partial charge in [-0.15, -0.1) is 0 Å². The molecule has 0 unspecified atom stereocenters. The Morgan fingerprint density at radius 2 is 2.00 bits per heavy atom. The Labute approximate surface area is 63.0 Å². The lowest BCUT2D eigenvalue weighted by molar-refractivity contribution is -0.141. The predicted molar refractivity (Wildman–Crippen MR) is 35.8 cm³/mol. The summed E-state index contributed by atoms with van der Waals surface area (Å²) in [6.07, 6.45) is -1.17. The van der Waals surface area contributed by atoms with Crippen molar-refractivity contribution in [3.63, 3.8) is 0 Å². The van der Waals surface area contributed by atoms with Crippen LogP contribution in [0.4, 0.5) is 4.79 Å². The summed E-state index contributed by atoms with van der Waals surface area (Å²) in [5.41, 5.74) is 4.64. The number of urea groups is 1. The lowest BCUT2D eigenvalue weighted by Crippen LogP contribution is -2.49. The molecule has 0 spiro atoms. The van der Waals surface area contributed by atoms with E-state index in [0.29, 0.717) is 0 Å². The molecule has 11 heavy (non-hydrogen) atoms. The number of carboxylic acid groups (broad SMARTS) is 1. The molecule has 0 fully saturated rings. The highest BCUT2D eigenvalue weighted by Crippen LogP contribution is 1.91. The number of hydrogen-bond donors (Lipinski definition) is 4. The summed E-state index contributed by atoms with van der Waals surface area (Å²) in [7, 11) is 0. The molecule has 2 amide bonds. The minimum absolute atomic E-state index is 0.974. The molecular formula is C5H10N2O4. The van der Waals surface area contributed by atoms with Crippen LogP contribution < -0.4 is 11.1 Å². The third kappa shape index (κ3) is 3.41. The average molecular weight is 162 g/mol. The van der Waals surface area contributed by atoms with E-state index >= 15 is 0 Å². The van der Waals surface area contributed by atoms with Gasteiger partial charge in [-0.2, -0.15) is 0 Å². The number of rotatable bonds is 3. The van der Waals surface area contributed by atoms with Crippen molar-refractivity contribution >= 4 is 12.0 Å². The summed E-state index contributed by atoms with van der Waals surface area (Å²) in [5, 5.41) is 19.0. The normalized spacial score (nSPS) is 15.1. The second-order valence-corrected chi connectivity index (χ2v) is 2.07. The molecule has 0 aliphatic carbocycles. The maximum absolute atomic E-state index is 10.2. The van der Waals surface area contributed by atoms with Gasteiger partial charge in [0, 0.05) is 0 Å². The number of aliphatic hydroxyl groups is 1. The van der Waals surface area contributed by atoms with Crippen LogP contribution in [0, 0.1) is 0 Å². The Bertz CT molecular complexity index is 168. The largest absolute Gasteiger partial charge is 0.480 e. The first-order valence-corrected chi connectivity index (χ1v) is 2.92. The van der Waals surface area contributed by atoms with Gasteiger partial charge >= 0.3 is 12.0 Å². The van der Waals surface area contributed by atoms with Gasteiger partial charge in [-0.25, -0.2) is 9.59 Å². The zero-order valence-electron chi connectivity index (χ0n) is 5.94. The highest BCUT2D eigenvalue weighted by atomic mass is 16.4. The Morgan fingerprint density at radius 3 is 2.09 bits per heavy atom. The van der Waals surface area contributed by atoms with Crippen molar-refractivity contribution in [2.75, 3.05) is 0 Å². The molecule has 0 saturated heterocycles. The minimum Gasteiger partial charge on any atom is -0.480 e. The molecule has 64 valence electrons. The van der Waals surface area contributed by atoms with E-state index in [4.69, 9.17) is 10.2 Å². The maximum Gasteiger partial charge on any atom is 0.328 e. The number of carbonyl (C=O) groups excluding carboxylic acids is 1. The number of carbonyl (C=O) groups is 2. The SMILES string of the molecule is C[C@@H](O)[C@@H](NC(N)=O)C(=O)O. The van der Waals surface area contributed by atoms with Crippen LogP contribution in [0.5, 0.6) is 0 Å². The molecule has 0 radical (unpaired) electrons. The highest BCUT2D eigenvalue weighted by Gasteiger charge is 2.23. The van der Waals surface area contributed by atoms with E-state index in [0.717, 1.165) is 0 Å². The van der Waals surface area contributed by atoms with Crippen LogP contribution in [0.15, 0.2) is 0 Å². The van der Waals surface area contributed by atoms with Gasteiger partial charge in [-0.1, -0.05) is 0 Å². The van der Waals surface area contributed by atoms with E-state index in [9.17, 15) is 9.59 Å². The summed E-state index contributed by atoms with van der Waals surface area (Å²) in [6.45, 7) is 1.24. The molecule has 0 aromatic heterocycles. The van der Waals surface area contributed by atoms with Crippen molar-refractivity contribution in [1.82, 2.24) is 5.32 Å². The standard InChI is InChI=1S/C5H10N2O4/c1-2(8)3(4(9)10)7-5(6)11/h2-3,8H,1H3,(H,9,10)(H3,6,7,11)/t2-,3-/m1/s1. The number of aliphatic hydroxyl groups excluding tert-OH is 1. The Kier molecular flexibility index (Phi) is 3.32. The van der Waals surface area contributed by atoms with Crippen molar-refractivity contribution in [2.45, 2.75) is 19.1 Å². The van der Waals surface area contributed by atoms with Gasteiger partial charge < -0.3 is 21.3 Å². The molecule has 5 N–H and O–H groups in total. The number of hydrogen-bond acceptors (Lipinski definition) is 3. The smallest absolute Gasteiger partial charge is 0.328 e. The van der Waals surface area contributed by atoms with Gasteiger partial charge in [0.15, 0.2) is 6.04 Å². The van der Waals surface area contributed by atoms with E-state index < -0.39 is 24.1 Å². The number of nitrogens with one attached hydrogen (secondary N) is 1. The van der Waals surface area contributed by atoms with Crippen LogP contribution in [0.3, 0.4) is 0 Å². The van der Waals surface area contributed by atoms with E-state index in [1.165, 1.54) is 6.92 Å². The van der Waals surface area contributed by atoms with Crippen molar-refractivity contribution in [1.29, 1.82) is 0 Å². The number of primary amides is 1. The molecule has 0 saturated carbocycles. The zero-order valence-corrected chi connectivity index (χ0v) is 5.94. The monoisotopic (exact) mass is 162 g/mol. The van der Waals surface area contributed by atoms with Crippen molar-refractivity contribution in [2.24, 2.45) is 5.73 Å². The zero-order chi connectivity index (χ0) is 9.02. The summed E-state index contributed by atoms with van der Waals surface area (Å²) >= 11 is 0. The Hall–Kier alpha value is -1.30. The van der Waals surface area contributed by atoms with Crippen LogP contribution in [0.25, 0.3) is 0 Å². The lowest BCUT2D eigenvalue weighted by Gasteiger charge is -2.14. The minimum atomic E-state index is -1.34. The predicted octanol–water partition coefficient (Wildman–Crippen LogP) is -1.51. The Balaban J connectivity index is 4.12. The summed E-state index contributed by atoms with van der Waals surface area (Å²) in [5.74, 6) is -1.32. The third-order valence-corrected chi connectivity index (χ3v) is 1.05. The van der Waals surface area contributed by atoms with Crippen LogP contribution >= 0.6 is 0 Å². The summed E-state index contributed by atoms with van der Waals surface area (Å²) < 4.78 is 0. The van der Waals surface area contributed by atoms with E-state index in [1.54, 1.807) is 0 Å². The lowest BCUT2D eigenvalue weighted by atomic mass is 10.2. The van der Waals surface area contributed by atoms with Gasteiger partial charge in [0.1, 0.15) is 0 Å². The molecule has 0 rings (SSSR count). The second kappa shape index (κ2) is 3.77. The van der Waals surface area contributed by atoms with E-state index in [2.05, 4.69) is 5.73 Å². The van der Waals surface area contributed by atoms with Crippen molar-refractivity contribution in [3.8, 4) is 0 Å². The number of nitrogens with two attached hydrogens (primary N) is 1. The maximum atomic E-state index is 10.2. The second-order valence-electron chi connectivity index (χ2n) is 2.07. The van der Waals surface area contributed by atoms with Crippen molar-refractivity contribution < 1.29 is 19.8 Å². The first-order chi connectivity index (χ1) is 4.95. The number of carboxylic acids is 1. The van der Waals surface area contributed by atoms with Crippen LogP contribution in [-0.4, -0.2) is 34.4 Å². The number of aliphatic carboxylic acids is 1. The van der Waals surface area contributed by atoms with Gasteiger partial charge in [-0.3, -0.25) is 0 Å². The fourth-order valence-corrected chi connectivity index (χ4v) is 0.542. The van der Waals surface area contributed by atoms with Gasteiger partial charge in [0.05, 0.1) is 6.10 Å². The fourth-order valence-electron chi connectivity index (χ4n) is 0.542. The first-order valence-electron chi connectivity index (χ1n) is 2.92. The molecule has 6 nitrogen and oxygen atoms in total. The van der Waals surface area contributed by atoms with Crippen LogP contribution in [-0.2, 0) is 4.79 Å². The topological polar surface area (TPSA) is 113 Å². The van der Waals surface area contributed by atoms with Crippen LogP contribution in [0.2, 0.25) is 0 Å². The molecule has 0 aromatic carbocycles.